The van der Waals surface area contributed by atoms with Crippen LogP contribution in [0, 0.1) is 0 Å². The van der Waals surface area contributed by atoms with Gasteiger partial charge in [-0.2, -0.15) is 18.3 Å². The Bertz CT molecular complexity index is 648. The van der Waals surface area contributed by atoms with E-state index in [1.54, 1.807) is 6.07 Å². The minimum absolute atomic E-state index is 0.202. The van der Waals surface area contributed by atoms with Gasteiger partial charge in [0.1, 0.15) is 5.69 Å². The summed E-state index contributed by atoms with van der Waals surface area (Å²) in [6.07, 6.45) is -4.19. The van der Waals surface area contributed by atoms with Crippen LogP contribution >= 0.6 is 11.3 Å². The molecule has 0 aliphatic carbocycles. The van der Waals surface area contributed by atoms with Crippen LogP contribution in [0.3, 0.4) is 0 Å². The Kier molecular flexibility index (Phi) is 4.84. The first-order chi connectivity index (χ1) is 10.3. The number of nitrogens with zero attached hydrogens (tertiary/aromatic N) is 2. The molecule has 2 rings (SSSR count). The Morgan fingerprint density at radius 3 is 2.73 bits per heavy atom. The maximum atomic E-state index is 12.4. The van der Waals surface area contributed by atoms with E-state index in [9.17, 15) is 18.0 Å². The van der Waals surface area contributed by atoms with Gasteiger partial charge in [-0.05, 0) is 12.0 Å². The average Bonchev–Trinajstić information content (AvgIpc) is 3.07. The maximum absolute atomic E-state index is 12.4. The molecule has 0 saturated heterocycles. The molecule has 0 radical (unpaired) electrons. The number of hydrogen-bond acceptors (Lipinski definition) is 4. The van der Waals surface area contributed by atoms with E-state index in [4.69, 9.17) is 0 Å². The Morgan fingerprint density at radius 2 is 2.18 bits per heavy atom. The van der Waals surface area contributed by atoms with Crippen LogP contribution in [0.5, 0.6) is 0 Å². The Morgan fingerprint density at radius 1 is 1.45 bits per heavy atom. The van der Waals surface area contributed by atoms with Crippen LogP contribution in [-0.4, -0.2) is 27.6 Å². The second kappa shape index (κ2) is 6.47. The first-order valence-corrected chi connectivity index (χ1v) is 7.50. The summed E-state index contributed by atoms with van der Waals surface area (Å²) < 4.78 is 37.2. The number of alkyl halides is 3. The predicted octanol–water partition coefficient (Wildman–Crippen LogP) is 2.98. The third-order valence-corrected chi connectivity index (χ3v) is 3.83. The van der Waals surface area contributed by atoms with E-state index >= 15 is 0 Å². The molecule has 22 heavy (non-hydrogen) atoms. The molecular formula is C13H15F3N4OS. The number of carbonyl (C=O) groups is 1. The van der Waals surface area contributed by atoms with Crippen molar-refractivity contribution in [1.82, 2.24) is 20.5 Å². The molecule has 0 aliphatic heterocycles. The van der Waals surface area contributed by atoms with E-state index < -0.39 is 11.9 Å². The smallest absolute Gasteiger partial charge is 0.350 e. The fourth-order valence-electron chi connectivity index (χ4n) is 1.68. The number of amides is 1. The lowest BCUT2D eigenvalue weighted by Gasteiger charge is -2.02. The zero-order chi connectivity index (χ0) is 16.3. The molecule has 0 saturated carbocycles. The van der Waals surface area contributed by atoms with Crippen molar-refractivity contribution in [1.29, 1.82) is 0 Å². The van der Waals surface area contributed by atoms with Crippen LogP contribution in [0.2, 0.25) is 0 Å². The zero-order valence-electron chi connectivity index (χ0n) is 12.0. The Hall–Kier alpha value is -1.90. The van der Waals surface area contributed by atoms with E-state index in [0.717, 1.165) is 22.4 Å². The van der Waals surface area contributed by atoms with Gasteiger partial charge in [-0.15, -0.1) is 11.3 Å². The van der Waals surface area contributed by atoms with Crippen molar-refractivity contribution in [2.24, 2.45) is 0 Å². The summed E-state index contributed by atoms with van der Waals surface area (Å²) in [4.78, 5) is 15.3. The average molecular weight is 332 g/mol. The fourth-order valence-corrected chi connectivity index (χ4v) is 2.48. The lowest BCUT2D eigenvalue weighted by molar-refractivity contribution is -0.140. The highest BCUT2D eigenvalue weighted by molar-refractivity contribution is 7.09. The summed E-state index contributed by atoms with van der Waals surface area (Å²) in [7, 11) is 0. The molecule has 0 unspecified atom stereocenters. The number of halogens is 3. The van der Waals surface area contributed by atoms with E-state index in [-0.39, 0.29) is 30.5 Å². The quantitative estimate of drug-likeness (QED) is 0.884. The van der Waals surface area contributed by atoms with Gasteiger partial charge in [0.25, 0.3) is 5.91 Å². The van der Waals surface area contributed by atoms with E-state index in [0.29, 0.717) is 5.01 Å². The van der Waals surface area contributed by atoms with Crippen molar-refractivity contribution < 1.29 is 18.0 Å². The molecular weight excluding hydrogens is 317 g/mol. The van der Waals surface area contributed by atoms with Gasteiger partial charge in [-0.1, -0.05) is 13.8 Å². The van der Waals surface area contributed by atoms with Crippen LogP contribution in [0.25, 0.3) is 0 Å². The van der Waals surface area contributed by atoms with Crippen molar-refractivity contribution in [3.8, 4) is 0 Å². The summed E-state index contributed by atoms with van der Waals surface area (Å²) in [5.41, 5.74) is 0.214. The summed E-state index contributed by atoms with van der Waals surface area (Å²) in [6.45, 7) is 4.14. The maximum Gasteiger partial charge on any atom is 0.434 e. The van der Waals surface area contributed by atoms with Crippen molar-refractivity contribution in [3.05, 3.63) is 33.5 Å². The molecule has 0 bridgehead atoms. The van der Waals surface area contributed by atoms with Gasteiger partial charge in [-0.25, -0.2) is 4.98 Å². The van der Waals surface area contributed by atoms with Gasteiger partial charge >= 0.3 is 6.18 Å². The van der Waals surface area contributed by atoms with E-state index in [1.165, 1.54) is 0 Å². The number of thiazole rings is 1. The largest absolute Gasteiger partial charge is 0.434 e. The molecule has 9 heteroatoms. The molecule has 2 aromatic heterocycles. The van der Waals surface area contributed by atoms with Crippen molar-refractivity contribution in [2.75, 3.05) is 6.54 Å². The highest BCUT2D eigenvalue weighted by Crippen LogP contribution is 2.29. The standard InChI is InChI=1S/C13H15F3N4OS/c1-7(2)8-5-9(20-19-8)12(21)17-4-3-11-18-10(6-22-11)13(14,15)16/h5-7H,3-4H2,1-2H3,(H,17,21)(H,19,20). The molecule has 2 aromatic rings. The topological polar surface area (TPSA) is 70.7 Å². The van der Waals surface area contributed by atoms with Gasteiger partial charge in [0, 0.05) is 24.0 Å². The number of aromatic nitrogens is 3. The lowest BCUT2D eigenvalue weighted by atomic mass is 10.1. The van der Waals surface area contributed by atoms with Crippen molar-refractivity contribution >= 4 is 17.2 Å². The molecule has 2 N–H and O–H groups in total. The van der Waals surface area contributed by atoms with Crippen LogP contribution < -0.4 is 5.32 Å². The van der Waals surface area contributed by atoms with E-state index in [2.05, 4.69) is 20.5 Å². The van der Waals surface area contributed by atoms with Crippen LogP contribution in [-0.2, 0) is 12.6 Å². The van der Waals surface area contributed by atoms with Crippen LogP contribution in [0.4, 0.5) is 13.2 Å². The van der Waals surface area contributed by atoms with E-state index in [1.807, 2.05) is 13.8 Å². The molecule has 0 aromatic carbocycles. The van der Waals surface area contributed by atoms with Gasteiger partial charge in [0.15, 0.2) is 5.69 Å². The van der Waals surface area contributed by atoms with Gasteiger partial charge in [-0.3, -0.25) is 9.89 Å². The van der Waals surface area contributed by atoms with Crippen molar-refractivity contribution in [3.63, 3.8) is 0 Å². The number of nitrogens with one attached hydrogen (secondary N) is 2. The lowest BCUT2D eigenvalue weighted by Crippen LogP contribution is -2.26. The second-order valence-electron chi connectivity index (χ2n) is 4.99. The number of carbonyl (C=O) groups excluding carboxylic acids is 1. The first kappa shape index (κ1) is 16.5. The number of aromatic amines is 1. The number of H-pyrrole nitrogens is 1. The molecule has 0 fully saturated rings. The van der Waals surface area contributed by atoms with Crippen LogP contribution in [0.15, 0.2) is 11.4 Å². The van der Waals surface area contributed by atoms with Crippen LogP contribution in [0.1, 0.15) is 46.6 Å². The minimum atomic E-state index is -4.43. The normalized spacial score (nSPS) is 11.9. The highest BCUT2D eigenvalue weighted by atomic mass is 32.1. The second-order valence-corrected chi connectivity index (χ2v) is 5.94. The zero-order valence-corrected chi connectivity index (χ0v) is 12.8. The highest BCUT2D eigenvalue weighted by Gasteiger charge is 2.33. The van der Waals surface area contributed by atoms with Gasteiger partial charge < -0.3 is 5.32 Å². The summed E-state index contributed by atoms with van der Waals surface area (Å²) in [5, 5.41) is 10.6. The summed E-state index contributed by atoms with van der Waals surface area (Å²) in [5.74, 6) is -0.138. The third kappa shape index (κ3) is 4.06. The molecule has 120 valence electrons. The SMILES string of the molecule is CC(C)c1cc(C(=O)NCCc2nc(C(F)(F)F)cs2)n[nH]1. The van der Waals surface area contributed by atoms with Gasteiger partial charge in [0.05, 0.1) is 5.01 Å². The summed E-state index contributed by atoms with van der Waals surface area (Å²) in [6, 6.07) is 1.66. The molecule has 5 nitrogen and oxygen atoms in total. The van der Waals surface area contributed by atoms with Crippen molar-refractivity contribution in [2.45, 2.75) is 32.4 Å². The molecule has 0 aliphatic rings. The monoisotopic (exact) mass is 332 g/mol. The summed E-state index contributed by atoms with van der Waals surface area (Å²) >= 11 is 0.928. The first-order valence-electron chi connectivity index (χ1n) is 6.62. The minimum Gasteiger partial charge on any atom is -0.350 e. The molecule has 1 amide bonds. The Balaban J connectivity index is 1.85. The number of rotatable bonds is 5. The predicted molar refractivity (Wildman–Crippen MR) is 75.8 cm³/mol. The third-order valence-electron chi connectivity index (χ3n) is 2.92. The molecule has 0 spiro atoms. The fraction of sp³-hybridized carbons (Fsp3) is 0.462. The molecule has 0 atom stereocenters. The Labute approximate surface area is 129 Å². The molecule has 2 heterocycles. The number of hydrogen-bond donors (Lipinski definition) is 2. The van der Waals surface area contributed by atoms with Gasteiger partial charge in [0.2, 0.25) is 0 Å².